The zero-order chi connectivity index (χ0) is 17.3. The number of rotatable bonds is 3. The lowest BCUT2D eigenvalue weighted by atomic mass is 9.97. The number of nitrogens with one attached hydrogen (secondary N) is 1. The molecule has 0 spiro atoms. The highest BCUT2D eigenvalue weighted by Crippen LogP contribution is 2.32. The third-order valence-electron chi connectivity index (χ3n) is 3.86. The lowest BCUT2D eigenvalue weighted by molar-refractivity contribution is -0.140. The Morgan fingerprint density at radius 3 is 2.96 bits per heavy atom. The van der Waals surface area contributed by atoms with Gasteiger partial charge in [-0.1, -0.05) is 11.3 Å². The van der Waals surface area contributed by atoms with Crippen LogP contribution in [-0.2, 0) is 4.79 Å². The second-order valence-electron chi connectivity index (χ2n) is 5.73. The van der Waals surface area contributed by atoms with E-state index in [0.717, 1.165) is 0 Å². The van der Waals surface area contributed by atoms with Gasteiger partial charge in [-0.3, -0.25) is 4.79 Å². The number of anilines is 1. The van der Waals surface area contributed by atoms with Gasteiger partial charge in [0.15, 0.2) is 5.13 Å². The average Bonchev–Trinajstić information content (AvgIpc) is 2.95. The monoisotopic (exact) mass is 361 g/mol. The molecule has 2 heterocycles. The number of hydrogen-bond donors (Lipinski definition) is 1. The van der Waals surface area contributed by atoms with Gasteiger partial charge in [-0.15, -0.1) is 0 Å². The number of halogens is 4. The molecule has 0 bridgehead atoms. The molecule has 1 aromatic carbocycles. The number of amides is 1. The fourth-order valence-corrected chi connectivity index (χ4v) is 3.74. The molecule has 1 aliphatic rings. The van der Waals surface area contributed by atoms with Gasteiger partial charge in [0.2, 0.25) is 5.91 Å². The summed E-state index contributed by atoms with van der Waals surface area (Å²) in [6, 6.07) is 4.31. The van der Waals surface area contributed by atoms with Crippen molar-refractivity contribution in [1.82, 2.24) is 10.3 Å². The van der Waals surface area contributed by atoms with E-state index >= 15 is 0 Å². The molecule has 1 amide bonds. The summed E-state index contributed by atoms with van der Waals surface area (Å²) in [6.45, 7) is -0.333. The van der Waals surface area contributed by atoms with Crippen molar-refractivity contribution in [3.63, 3.8) is 0 Å². The molecule has 1 saturated heterocycles. The van der Waals surface area contributed by atoms with Crippen molar-refractivity contribution in [2.45, 2.75) is 19.0 Å². The quantitative estimate of drug-likeness (QED) is 0.853. The van der Waals surface area contributed by atoms with Crippen LogP contribution in [0.25, 0.3) is 10.2 Å². The first kappa shape index (κ1) is 16.9. The summed E-state index contributed by atoms with van der Waals surface area (Å²) in [6.07, 6.45) is -3.19. The maximum absolute atomic E-state index is 13.3. The Labute approximate surface area is 139 Å². The van der Waals surface area contributed by atoms with E-state index in [1.165, 1.54) is 23.5 Å². The zero-order valence-corrected chi connectivity index (χ0v) is 13.4. The van der Waals surface area contributed by atoms with Crippen molar-refractivity contribution in [1.29, 1.82) is 0 Å². The number of thiazole rings is 1. The second-order valence-corrected chi connectivity index (χ2v) is 6.74. The van der Waals surface area contributed by atoms with Crippen molar-refractivity contribution in [2.75, 3.05) is 24.5 Å². The van der Waals surface area contributed by atoms with Crippen LogP contribution >= 0.6 is 11.3 Å². The number of benzene rings is 1. The maximum Gasteiger partial charge on any atom is 0.405 e. The molecule has 1 aromatic heterocycles. The number of nitrogens with zero attached hydrogens (tertiary/aromatic N) is 2. The minimum Gasteiger partial charge on any atom is -0.347 e. The van der Waals surface area contributed by atoms with Gasteiger partial charge in [-0.25, -0.2) is 9.37 Å². The van der Waals surface area contributed by atoms with E-state index in [-0.39, 0.29) is 5.82 Å². The molecule has 1 N–H and O–H groups in total. The normalized spacial score (nSPS) is 18.8. The van der Waals surface area contributed by atoms with Crippen LogP contribution < -0.4 is 10.2 Å². The van der Waals surface area contributed by atoms with Crippen LogP contribution in [0, 0.1) is 11.7 Å². The van der Waals surface area contributed by atoms with Crippen LogP contribution in [0.2, 0.25) is 0 Å². The van der Waals surface area contributed by atoms with Crippen molar-refractivity contribution in [3.8, 4) is 0 Å². The van der Waals surface area contributed by atoms with E-state index in [1.54, 1.807) is 6.07 Å². The van der Waals surface area contributed by atoms with Gasteiger partial charge in [0, 0.05) is 13.1 Å². The fraction of sp³-hybridized carbons (Fsp3) is 0.467. The number of carbonyl (C=O) groups is 1. The molecular weight excluding hydrogens is 346 g/mol. The van der Waals surface area contributed by atoms with E-state index in [9.17, 15) is 22.4 Å². The number of fused-ring (bicyclic) bond motifs is 1. The molecule has 1 atom stereocenters. The van der Waals surface area contributed by atoms with Gasteiger partial charge in [-0.05, 0) is 31.0 Å². The third-order valence-corrected chi connectivity index (χ3v) is 4.94. The Bertz CT molecular complexity index is 746. The zero-order valence-electron chi connectivity index (χ0n) is 12.6. The second kappa shape index (κ2) is 6.54. The standard InChI is InChI=1S/C15H15F4N3OS/c16-10-3-4-11-12(6-10)24-14(21-11)22-5-1-2-9(7-22)13(23)20-8-15(17,18)19/h3-4,6,9H,1-2,5,7-8H2,(H,20,23). The Balaban J connectivity index is 1.69. The maximum atomic E-state index is 13.3. The summed E-state index contributed by atoms with van der Waals surface area (Å²) in [7, 11) is 0. The van der Waals surface area contributed by atoms with E-state index < -0.39 is 24.5 Å². The Morgan fingerprint density at radius 1 is 1.42 bits per heavy atom. The van der Waals surface area contributed by atoms with E-state index in [4.69, 9.17) is 0 Å². The molecule has 9 heteroatoms. The Kier molecular flexibility index (Phi) is 4.62. The smallest absolute Gasteiger partial charge is 0.347 e. The van der Waals surface area contributed by atoms with Crippen LogP contribution in [-0.4, -0.2) is 36.7 Å². The average molecular weight is 361 g/mol. The number of piperidine rings is 1. The minimum atomic E-state index is -4.42. The summed E-state index contributed by atoms with van der Waals surface area (Å²) in [5.41, 5.74) is 0.667. The van der Waals surface area contributed by atoms with Crippen molar-refractivity contribution >= 4 is 32.6 Å². The van der Waals surface area contributed by atoms with Crippen LogP contribution in [0.1, 0.15) is 12.8 Å². The molecule has 1 unspecified atom stereocenters. The molecule has 0 aliphatic carbocycles. The van der Waals surface area contributed by atoms with Gasteiger partial charge in [0.05, 0.1) is 16.1 Å². The van der Waals surface area contributed by atoms with E-state index in [0.29, 0.717) is 41.3 Å². The lowest BCUT2D eigenvalue weighted by Gasteiger charge is -2.31. The molecule has 1 aliphatic heterocycles. The van der Waals surface area contributed by atoms with E-state index in [1.807, 2.05) is 10.2 Å². The molecule has 1 fully saturated rings. The number of aromatic nitrogens is 1. The first-order valence-electron chi connectivity index (χ1n) is 7.47. The van der Waals surface area contributed by atoms with Crippen LogP contribution in [0.5, 0.6) is 0 Å². The molecular formula is C15H15F4N3OS. The van der Waals surface area contributed by atoms with Crippen LogP contribution in [0.4, 0.5) is 22.7 Å². The highest BCUT2D eigenvalue weighted by molar-refractivity contribution is 7.22. The van der Waals surface area contributed by atoms with Crippen LogP contribution in [0.15, 0.2) is 18.2 Å². The Morgan fingerprint density at radius 2 is 2.21 bits per heavy atom. The van der Waals surface area contributed by atoms with Crippen molar-refractivity contribution < 1.29 is 22.4 Å². The molecule has 2 aromatic rings. The highest BCUT2D eigenvalue weighted by atomic mass is 32.1. The van der Waals surface area contributed by atoms with Crippen molar-refractivity contribution in [3.05, 3.63) is 24.0 Å². The largest absolute Gasteiger partial charge is 0.405 e. The number of carbonyl (C=O) groups excluding carboxylic acids is 1. The molecule has 4 nitrogen and oxygen atoms in total. The first-order chi connectivity index (χ1) is 11.3. The minimum absolute atomic E-state index is 0.312. The van der Waals surface area contributed by atoms with Gasteiger partial charge in [0.25, 0.3) is 0 Å². The predicted octanol–water partition coefficient (Wildman–Crippen LogP) is 3.33. The molecule has 0 radical (unpaired) electrons. The summed E-state index contributed by atoms with van der Waals surface area (Å²) in [4.78, 5) is 18.2. The summed E-state index contributed by atoms with van der Waals surface area (Å²) >= 11 is 1.31. The molecule has 3 rings (SSSR count). The summed E-state index contributed by atoms with van der Waals surface area (Å²) in [5, 5.41) is 2.60. The van der Waals surface area contributed by atoms with Gasteiger partial charge in [-0.2, -0.15) is 13.2 Å². The highest BCUT2D eigenvalue weighted by Gasteiger charge is 2.32. The van der Waals surface area contributed by atoms with Gasteiger partial charge < -0.3 is 10.2 Å². The van der Waals surface area contributed by atoms with Gasteiger partial charge >= 0.3 is 6.18 Å². The molecule has 0 saturated carbocycles. The van der Waals surface area contributed by atoms with Crippen LogP contribution in [0.3, 0.4) is 0 Å². The predicted molar refractivity (Wildman–Crippen MR) is 83.6 cm³/mol. The lowest BCUT2D eigenvalue weighted by Crippen LogP contribution is -2.45. The SMILES string of the molecule is O=C(NCC(F)(F)F)C1CCCN(c2nc3ccc(F)cc3s2)C1. The third kappa shape index (κ3) is 3.95. The molecule has 130 valence electrons. The number of hydrogen-bond acceptors (Lipinski definition) is 4. The Hall–Kier alpha value is -1.90. The molecule has 24 heavy (non-hydrogen) atoms. The summed E-state index contributed by atoms with van der Waals surface area (Å²) < 4.78 is 50.6. The first-order valence-corrected chi connectivity index (χ1v) is 8.29. The fourth-order valence-electron chi connectivity index (χ4n) is 2.72. The number of alkyl halides is 3. The van der Waals surface area contributed by atoms with Gasteiger partial charge in [0.1, 0.15) is 12.4 Å². The van der Waals surface area contributed by atoms with E-state index in [2.05, 4.69) is 4.98 Å². The topological polar surface area (TPSA) is 45.2 Å². The summed E-state index contributed by atoms with van der Waals surface area (Å²) in [5.74, 6) is -1.45. The van der Waals surface area contributed by atoms with Crippen molar-refractivity contribution in [2.24, 2.45) is 5.92 Å².